The first-order chi connectivity index (χ1) is 19.1. The fraction of sp³-hybridized carbons (Fsp3) is 0.300. The van der Waals surface area contributed by atoms with Gasteiger partial charge in [0.2, 0.25) is 11.8 Å². The van der Waals surface area contributed by atoms with Gasteiger partial charge in [-0.2, -0.15) is 16.4 Å². The quantitative estimate of drug-likeness (QED) is 0.257. The molecule has 0 radical (unpaired) electrons. The second-order valence-corrected chi connectivity index (χ2v) is 10.4. The van der Waals surface area contributed by atoms with Crippen LogP contribution >= 0.6 is 11.3 Å². The maximum atomic E-state index is 13.1. The third-order valence-electron chi connectivity index (χ3n) is 6.84. The minimum absolute atomic E-state index is 0.0839. The van der Waals surface area contributed by atoms with Crippen LogP contribution in [0.5, 0.6) is 5.88 Å². The lowest BCUT2D eigenvalue weighted by molar-refractivity contribution is -0.124. The number of carboxylic acid groups (broad SMARTS) is 1. The van der Waals surface area contributed by atoms with Crippen LogP contribution in [-0.4, -0.2) is 38.9 Å². The van der Waals surface area contributed by atoms with E-state index in [1.165, 1.54) is 10.7 Å². The average molecular weight is 546 g/mol. The number of benzene rings is 2. The number of nitrogens with one attached hydrogen (secondary N) is 1. The zero-order valence-electron chi connectivity index (χ0n) is 21.5. The van der Waals surface area contributed by atoms with Crippen molar-refractivity contribution in [1.29, 1.82) is 0 Å². The van der Waals surface area contributed by atoms with Gasteiger partial charge in [-0.1, -0.05) is 67.4 Å². The molecule has 2 aromatic carbocycles. The fourth-order valence-corrected chi connectivity index (χ4v) is 5.51. The van der Waals surface area contributed by atoms with Gasteiger partial charge in [-0.05, 0) is 51.9 Å². The second kappa shape index (κ2) is 12.7. The smallest absolute Gasteiger partial charge is 0.356 e. The third kappa shape index (κ3) is 6.93. The minimum Gasteiger partial charge on any atom is -0.476 e. The van der Waals surface area contributed by atoms with Gasteiger partial charge in [0.1, 0.15) is 13.2 Å². The van der Waals surface area contributed by atoms with Crippen LogP contribution in [0.3, 0.4) is 0 Å². The molecule has 2 aromatic heterocycles. The van der Waals surface area contributed by atoms with Crippen molar-refractivity contribution in [1.82, 2.24) is 15.1 Å². The summed E-state index contributed by atoms with van der Waals surface area (Å²) in [5.41, 5.74) is 4.00. The molecule has 1 aliphatic rings. The summed E-state index contributed by atoms with van der Waals surface area (Å²) in [5, 5.41) is 20.8. The number of carboxylic acids is 1. The van der Waals surface area contributed by atoms with Crippen molar-refractivity contribution >= 4 is 23.2 Å². The number of nitrogens with zero attached hydrogens (tertiary/aromatic N) is 2. The molecule has 9 heteroatoms. The molecule has 1 aliphatic carbocycles. The molecule has 4 aromatic rings. The normalized spacial score (nSPS) is 17.0. The Balaban J connectivity index is 1.25. The number of hydrogen-bond donors (Lipinski definition) is 2. The van der Waals surface area contributed by atoms with Gasteiger partial charge in [-0.25, -0.2) is 9.48 Å². The van der Waals surface area contributed by atoms with E-state index in [-0.39, 0.29) is 42.8 Å². The second-order valence-electron chi connectivity index (χ2n) is 9.58. The molecule has 0 saturated heterocycles. The lowest BCUT2D eigenvalue weighted by atomic mass is 9.92. The number of amides is 1. The largest absolute Gasteiger partial charge is 0.476 e. The standard InChI is InChI=1S/C30H31N3O5S/c34-28(31-25-12-6-7-13-27(25)37-18-21-8-2-1-3-9-21)17-33-29(16-26(32-33)30(35)36)38-19-22-10-4-5-11-24(22)23-14-15-39-20-23/h1-5,8-11,14-16,20,25,27H,6-7,12-13,17-19H2,(H,31,34)(H,35,36)/t25-,27-/m0/s1. The average Bonchev–Trinajstić information content (AvgIpc) is 3.63. The van der Waals surface area contributed by atoms with Gasteiger partial charge in [0.25, 0.3) is 0 Å². The summed E-state index contributed by atoms with van der Waals surface area (Å²) in [6.07, 6.45) is 3.68. The van der Waals surface area contributed by atoms with Crippen LogP contribution in [0, 0.1) is 0 Å². The van der Waals surface area contributed by atoms with Crippen LogP contribution < -0.4 is 10.1 Å². The number of rotatable bonds is 11. The molecular formula is C30H31N3O5S. The number of aromatic carboxylic acids is 1. The van der Waals surface area contributed by atoms with Crippen molar-refractivity contribution in [3.8, 4) is 17.0 Å². The topological polar surface area (TPSA) is 103 Å². The molecule has 8 nitrogen and oxygen atoms in total. The fourth-order valence-electron chi connectivity index (χ4n) is 4.86. The van der Waals surface area contributed by atoms with E-state index in [0.29, 0.717) is 6.61 Å². The predicted octanol–water partition coefficient (Wildman–Crippen LogP) is 5.53. The maximum absolute atomic E-state index is 13.1. The lowest BCUT2D eigenvalue weighted by Gasteiger charge is -2.32. The summed E-state index contributed by atoms with van der Waals surface area (Å²) < 4.78 is 13.5. The van der Waals surface area contributed by atoms with Gasteiger partial charge in [-0.15, -0.1) is 0 Å². The summed E-state index contributed by atoms with van der Waals surface area (Å²) in [6, 6.07) is 21.2. The summed E-state index contributed by atoms with van der Waals surface area (Å²) >= 11 is 1.62. The molecular weight excluding hydrogens is 514 g/mol. The molecule has 1 amide bonds. The number of thiophene rings is 1. The van der Waals surface area contributed by atoms with E-state index in [4.69, 9.17) is 9.47 Å². The van der Waals surface area contributed by atoms with Crippen molar-refractivity contribution in [2.24, 2.45) is 0 Å². The monoisotopic (exact) mass is 545 g/mol. The number of carbonyl (C=O) groups excluding carboxylic acids is 1. The van der Waals surface area contributed by atoms with Crippen LogP contribution in [0.25, 0.3) is 11.1 Å². The third-order valence-corrected chi connectivity index (χ3v) is 7.52. The van der Waals surface area contributed by atoms with Gasteiger partial charge in [0.05, 0.1) is 18.8 Å². The highest BCUT2D eigenvalue weighted by molar-refractivity contribution is 7.08. The van der Waals surface area contributed by atoms with E-state index >= 15 is 0 Å². The highest BCUT2D eigenvalue weighted by Crippen LogP contribution is 2.27. The van der Waals surface area contributed by atoms with Crippen LogP contribution in [-0.2, 0) is 29.3 Å². The molecule has 1 saturated carbocycles. The molecule has 39 heavy (non-hydrogen) atoms. The molecule has 202 valence electrons. The molecule has 2 heterocycles. The first kappa shape index (κ1) is 26.6. The Kier molecular flexibility index (Phi) is 8.70. The summed E-state index contributed by atoms with van der Waals surface area (Å²) in [7, 11) is 0. The van der Waals surface area contributed by atoms with Gasteiger partial charge in [0.15, 0.2) is 5.69 Å². The molecule has 0 unspecified atom stereocenters. The molecule has 5 rings (SSSR count). The number of aromatic nitrogens is 2. The first-order valence-electron chi connectivity index (χ1n) is 13.1. The summed E-state index contributed by atoms with van der Waals surface area (Å²) in [5.74, 6) is -1.22. The Bertz CT molecular complexity index is 1390. The van der Waals surface area contributed by atoms with Crippen molar-refractivity contribution < 1.29 is 24.2 Å². The van der Waals surface area contributed by atoms with Gasteiger partial charge in [0, 0.05) is 6.07 Å². The minimum atomic E-state index is -1.18. The van der Waals surface area contributed by atoms with Crippen molar-refractivity contribution in [2.75, 3.05) is 0 Å². The Morgan fingerprint density at radius 3 is 2.62 bits per heavy atom. The van der Waals surface area contributed by atoms with E-state index in [0.717, 1.165) is 47.9 Å². The number of ether oxygens (including phenoxy) is 2. The van der Waals surface area contributed by atoms with E-state index < -0.39 is 5.97 Å². The van der Waals surface area contributed by atoms with Crippen LogP contribution in [0.15, 0.2) is 77.5 Å². The molecule has 2 N–H and O–H groups in total. The Labute approximate surface area is 231 Å². The zero-order chi connectivity index (χ0) is 27.0. The van der Waals surface area contributed by atoms with E-state index in [9.17, 15) is 14.7 Å². The van der Waals surface area contributed by atoms with E-state index in [1.54, 1.807) is 11.3 Å². The van der Waals surface area contributed by atoms with Crippen LogP contribution in [0.4, 0.5) is 0 Å². The molecule has 1 fully saturated rings. The Morgan fingerprint density at radius 1 is 1.03 bits per heavy atom. The molecule has 0 bridgehead atoms. The van der Waals surface area contributed by atoms with E-state index in [2.05, 4.69) is 15.8 Å². The predicted molar refractivity (Wildman–Crippen MR) is 149 cm³/mol. The Morgan fingerprint density at radius 2 is 1.82 bits per heavy atom. The van der Waals surface area contributed by atoms with E-state index in [1.807, 2.05) is 66.0 Å². The Hall–Kier alpha value is -3.95. The van der Waals surface area contributed by atoms with Crippen molar-refractivity contribution in [3.05, 3.63) is 94.3 Å². The lowest BCUT2D eigenvalue weighted by Crippen LogP contribution is -2.47. The van der Waals surface area contributed by atoms with Crippen molar-refractivity contribution in [3.63, 3.8) is 0 Å². The molecule has 2 atom stereocenters. The summed E-state index contributed by atoms with van der Waals surface area (Å²) in [4.78, 5) is 24.7. The number of hydrogen-bond acceptors (Lipinski definition) is 6. The van der Waals surface area contributed by atoms with Crippen LogP contribution in [0.2, 0.25) is 0 Å². The highest BCUT2D eigenvalue weighted by Gasteiger charge is 2.28. The van der Waals surface area contributed by atoms with Gasteiger partial charge >= 0.3 is 5.97 Å². The highest BCUT2D eigenvalue weighted by atomic mass is 32.1. The van der Waals surface area contributed by atoms with Crippen molar-refractivity contribution in [2.45, 2.75) is 57.6 Å². The number of carbonyl (C=O) groups is 2. The first-order valence-corrected chi connectivity index (χ1v) is 14.0. The SMILES string of the molecule is O=C(Cn1nc(C(=O)O)cc1OCc1ccccc1-c1ccsc1)N[C@H]1CCCC[C@@H]1OCc1ccccc1. The maximum Gasteiger partial charge on any atom is 0.356 e. The molecule has 0 aliphatic heterocycles. The van der Waals surface area contributed by atoms with Crippen LogP contribution in [0.1, 0.15) is 47.3 Å². The van der Waals surface area contributed by atoms with Gasteiger partial charge in [-0.3, -0.25) is 4.79 Å². The summed E-state index contributed by atoms with van der Waals surface area (Å²) in [6.45, 7) is 0.539. The van der Waals surface area contributed by atoms with Gasteiger partial charge < -0.3 is 19.9 Å². The zero-order valence-corrected chi connectivity index (χ0v) is 22.3. The molecule has 0 spiro atoms.